The summed E-state index contributed by atoms with van der Waals surface area (Å²) in [5.74, 6) is 0.909. The highest BCUT2D eigenvalue weighted by Crippen LogP contribution is 2.34. The first-order valence-corrected chi connectivity index (χ1v) is 17.5. The molecule has 1 atom stereocenters. The molecule has 0 aromatic heterocycles. The van der Waals surface area contributed by atoms with Crippen molar-refractivity contribution in [1.82, 2.24) is 20.4 Å². The standard InChI is InChI=1S/C37H54N4O5/c1-3-5-6-7-13-27-45-32-19-17-30(18-20-32)28-40-25-21-37(22-26-40)35(43)39-33(34(42)41(37)24-4-2)16-11-12-23-38-36(44)46-29-31-14-9-8-10-15-31/h8-10,14-15,17-20,33H,3-7,11-13,16,21-29H2,1-2H3,(H,38,44)(H,39,43)/t33-/m0/s1. The van der Waals surface area contributed by atoms with Gasteiger partial charge in [-0.25, -0.2) is 4.79 Å². The van der Waals surface area contributed by atoms with Crippen LogP contribution in [-0.2, 0) is 27.5 Å². The summed E-state index contributed by atoms with van der Waals surface area (Å²) in [6.07, 6.45) is 9.69. The van der Waals surface area contributed by atoms with Crippen LogP contribution in [0.5, 0.6) is 5.75 Å². The molecule has 46 heavy (non-hydrogen) atoms. The lowest BCUT2D eigenvalue weighted by Gasteiger charge is -2.51. The fourth-order valence-electron chi connectivity index (χ4n) is 6.48. The van der Waals surface area contributed by atoms with Gasteiger partial charge in [-0.15, -0.1) is 0 Å². The van der Waals surface area contributed by atoms with Crippen LogP contribution in [0, 0.1) is 0 Å². The van der Waals surface area contributed by atoms with Crippen LogP contribution in [0.15, 0.2) is 54.6 Å². The van der Waals surface area contributed by atoms with E-state index < -0.39 is 17.7 Å². The van der Waals surface area contributed by atoms with Crippen molar-refractivity contribution in [3.05, 3.63) is 65.7 Å². The molecule has 2 aliphatic rings. The molecule has 252 valence electrons. The number of hydrogen-bond donors (Lipinski definition) is 2. The molecule has 2 aromatic carbocycles. The molecule has 0 aliphatic carbocycles. The fraction of sp³-hybridized carbons (Fsp3) is 0.595. The summed E-state index contributed by atoms with van der Waals surface area (Å²) >= 11 is 0. The van der Waals surface area contributed by atoms with E-state index in [0.29, 0.717) is 45.2 Å². The second kappa shape index (κ2) is 18.5. The van der Waals surface area contributed by atoms with Gasteiger partial charge in [0.2, 0.25) is 11.8 Å². The third kappa shape index (κ3) is 10.2. The minimum Gasteiger partial charge on any atom is -0.494 e. The summed E-state index contributed by atoms with van der Waals surface area (Å²) in [7, 11) is 0. The Labute approximate surface area is 275 Å². The highest BCUT2D eigenvalue weighted by molar-refractivity contribution is 6.00. The number of benzene rings is 2. The van der Waals surface area contributed by atoms with Gasteiger partial charge in [-0.1, -0.05) is 82.0 Å². The maximum absolute atomic E-state index is 13.7. The second-order valence-corrected chi connectivity index (χ2v) is 12.7. The molecule has 2 aromatic rings. The van der Waals surface area contributed by atoms with Gasteiger partial charge in [0.15, 0.2) is 0 Å². The van der Waals surface area contributed by atoms with Gasteiger partial charge < -0.3 is 25.0 Å². The van der Waals surface area contributed by atoms with Crippen LogP contribution < -0.4 is 15.4 Å². The molecule has 2 N–H and O–H groups in total. The van der Waals surface area contributed by atoms with E-state index in [0.717, 1.165) is 50.4 Å². The van der Waals surface area contributed by atoms with E-state index in [-0.39, 0.29) is 18.4 Å². The zero-order valence-corrected chi connectivity index (χ0v) is 27.9. The number of carbonyl (C=O) groups is 3. The molecular weight excluding hydrogens is 580 g/mol. The molecule has 9 nitrogen and oxygen atoms in total. The quantitative estimate of drug-likeness (QED) is 0.189. The molecule has 9 heteroatoms. The van der Waals surface area contributed by atoms with Crippen molar-refractivity contribution in [1.29, 1.82) is 0 Å². The molecule has 0 radical (unpaired) electrons. The molecule has 0 unspecified atom stereocenters. The van der Waals surface area contributed by atoms with E-state index in [4.69, 9.17) is 9.47 Å². The zero-order valence-electron chi connectivity index (χ0n) is 27.9. The summed E-state index contributed by atoms with van der Waals surface area (Å²) in [6, 6.07) is 17.4. The number of alkyl carbamates (subject to hydrolysis) is 1. The molecule has 2 heterocycles. The minimum atomic E-state index is -0.779. The summed E-state index contributed by atoms with van der Waals surface area (Å²) in [4.78, 5) is 43.6. The van der Waals surface area contributed by atoms with Gasteiger partial charge in [0.05, 0.1) is 6.61 Å². The maximum atomic E-state index is 13.7. The van der Waals surface area contributed by atoms with Crippen LogP contribution in [0.2, 0.25) is 0 Å². The second-order valence-electron chi connectivity index (χ2n) is 12.7. The Morgan fingerprint density at radius 2 is 1.63 bits per heavy atom. The van der Waals surface area contributed by atoms with Crippen LogP contribution in [0.3, 0.4) is 0 Å². The molecule has 0 bridgehead atoms. The zero-order chi connectivity index (χ0) is 32.6. The van der Waals surface area contributed by atoms with Crippen LogP contribution >= 0.6 is 0 Å². The molecular formula is C37H54N4O5. The Balaban J connectivity index is 1.18. The third-order valence-electron chi connectivity index (χ3n) is 9.19. The van der Waals surface area contributed by atoms with Gasteiger partial charge in [-0.05, 0) is 68.2 Å². The van der Waals surface area contributed by atoms with E-state index in [2.05, 4.69) is 53.6 Å². The summed E-state index contributed by atoms with van der Waals surface area (Å²) < 4.78 is 11.2. The maximum Gasteiger partial charge on any atom is 0.407 e. The molecule has 1 spiro atoms. The van der Waals surface area contributed by atoms with Crippen LogP contribution in [0.1, 0.15) is 95.6 Å². The Bertz CT molecular complexity index is 1210. The average molecular weight is 635 g/mol. The van der Waals surface area contributed by atoms with Crippen molar-refractivity contribution in [3.8, 4) is 5.75 Å². The number of nitrogens with one attached hydrogen (secondary N) is 2. The number of hydrogen-bond acceptors (Lipinski definition) is 6. The Hall–Kier alpha value is -3.59. The number of unbranched alkanes of at least 4 members (excludes halogenated alkanes) is 5. The van der Waals surface area contributed by atoms with Crippen molar-refractivity contribution in [2.24, 2.45) is 0 Å². The minimum absolute atomic E-state index is 0.0195. The van der Waals surface area contributed by atoms with E-state index in [1.54, 1.807) is 0 Å². The number of nitrogens with zero attached hydrogens (tertiary/aromatic N) is 2. The Morgan fingerprint density at radius 1 is 0.891 bits per heavy atom. The fourth-order valence-corrected chi connectivity index (χ4v) is 6.48. The SMILES string of the molecule is CCCCCCCOc1ccc(CN2CCC3(CC2)C(=O)N[C@@H](CCCCNC(=O)OCc2ccccc2)C(=O)N3CCC)cc1. The summed E-state index contributed by atoms with van der Waals surface area (Å²) in [5.41, 5.74) is 1.38. The normalized spacial score (nSPS) is 18.0. The van der Waals surface area contributed by atoms with Crippen LogP contribution in [-0.4, -0.2) is 72.1 Å². The summed E-state index contributed by atoms with van der Waals surface area (Å²) in [6.45, 7) is 8.63. The molecule has 2 saturated heterocycles. The van der Waals surface area contributed by atoms with Gasteiger partial charge in [0.25, 0.3) is 0 Å². The molecule has 0 saturated carbocycles. The Morgan fingerprint density at radius 3 is 2.35 bits per heavy atom. The molecule has 2 aliphatic heterocycles. The van der Waals surface area contributed by atoms with E-state index in [1.807, 2.05) is 35.2 Å². The van der Waals surface area contributed by atoms with Gasteiger partial charge in [0.1, 0.15) is 23.9 Å². The number of ether oxygens (including phenoxy) is 2. The van der Waals surface area contributed by atoms with Crippen molar-refractivity contribution in [2.75, 3.05) is 32.8 Å². The van der Waals surface area contributed by atoms with Crippen molar-refractivity contribution in [3.63, 3.8) is 0 Å². The largest absolute Gasteiger partial charge is 0.494 e. The molecule has 4 rings (SSSR count). The van der Waals surface area contributed by atoms with Crippen LogP contribution in [0.4, 0.5) is 4.79 Å². The van der Waals surface area contributed by atoms with Gasteiger partial charge in [-0.3, -0.25) is 14.5 Å². The van der Waals surface area contributed by atoms with Gasteiger partial charge >= 0.3 is 6.09 Å². The monoisotopic (exact) mass is 634 g/mol. The molecule has 2 fully saturated rings. The number of carbonyl (C=O) groups excluding carboxylic acids is 3. The van der Waals surface area contributed by atoms with E-state index in [1.165, 1.54) is 31.2 Å². The third-order valence-corrected chi connectivity index (χ3v) is 9.19. The predicted molar refractivity (Wildman–Crippen MR) is 180 cm³/mol. The first-order valence-electron chi connectivity index (χ1n) is 17.5. The van der Waals surface area contributed by atoms with E-state index >= 15 is 0 Å². The lowest BCUT2D eigenvalue weighted by molar-refractivity contribution is -0.161. The topological polar surface area (TPSA) is 100 Å². The Kier molecular flexibility index (Phi) is 14.2. The van der Waals surface area contributed by atoms with Crippen molar-refractivity contribution in [2.45, 2.75) is 109 Å². The molecule has 3 amide bonds. The number of amides is 3. The number of rotatable bonds is 18. The van der Waals surface area contributed by atoms with E-state index in [9.17, 15) is 14.4 Å². The number of likely N-dealkylation sites (tertiary alicyclic amines) is 1. The lowest BCUT2D eigenvalue weighted by atomic mass is 9.81. The van der Waals surface area contributed by atoms with Crippen LogP contribution in [0.25, 0.3) is 0 Å². The van der Waals surface area contributed by atoms with Gasteiger partial charge in [-0.2, -0.15) is 0 Å². The number of piperazine rings is 1. The smallest absolute Gasteiger partial charge is 0.407 e. The summed E-state index contributed by atoms with van der Waals surface area (Å²) in [5, 5.41) is 5.85. The highest BCUT2D eigenvalue weighted by atomic mass is 16.5. The predicted octanol–water partition coefficient (Wildman–Crippen LogP) is 6.20. The van der Waals surface area contributed by atoms with Gasteiger partial charge in [0, 0.05) is 32.7 Å². The number of piperidine rings is 1. The lowest BCUT2D eigenvalue weighted by Crippen LogP contribution is -2.72. The highest BCUT2D eigenvalue weighted by Gasteiger charge is 2.53. The first kappa shape index (κ1) is 35.3. The van der Waals surface area contributed by atoms with Crippen molar-refractivity contribution >= 4 is 17.9 Å². The average Bonchev–Trinajstić information content (AvgIpc) is 3.08. The van der Waals surface area contributed by atoms with Crippen molar-refractivity contribution < 1.29 is 23.9 Å². The first-order chi connectivity index (χ1) is 22.4.